The molecule has 0 unspecified atom stereocenters. The maximum Gasteiger partial charge on any atom is 0.185 e. The lowest BCUT2D eigenvalue weighted by molar-refractivity contribution is 0.409. The van der Waals surface area contributed by atoms with Gasteiger partial charge in [0, 0.05) is 47.0 Å². The highest BCUT2D eigenvalue weighted by Gasteiger charge is 2.15. The van der Waals surface area contributed by atoms with Crippen molar-refractivity contribution in [3.8, 4) is 11.4 Å². The highest BCUT2D eigenvalue weighted by atomic mass is 35.5. The fraction of sp³-hybridized carbons (Fsp3) is 0.143. The highest BCUT2D eigenvalue weighted by molar-refractivity contribution is 7.71. The third kappa shape index (κ3) is 4.11. The summed E-state index contributed by atoms with van der Waals surface area (Å²) in [4.78, 5) is 7.37. The Labute approximate surface area is 177 Å². The van der Waals surface area contributed by atoms with Crippen LogP contribution in [0.3, 0.4) is 0 Å². The van der Waals surface area contributed by atoms with Gasteiger partial charge in [0.2, 0.25) is 0 Å². The first-order valence-corrected chi connectivity index (χ1v) is 9.71. The van der Waals surface area contributed by atoms with Gasteiger partial charge < -0.3 is 14.3 Å². The van der Waals surface area contributed by atoms with Crippen molar-refractivity contribution in [3.05, 3.63) is 93.7 Å². The Bertz CT molecular complexity index is 1180. The van der Waals surface area contributed by atoms with Crippen LogP contribution in [-0.4, -0.2) is 26.2 Å². The Balaban J connectivity index is 1.82. The molecule has 0 radical (unpaired) electrons. The molecular weight excluding hydrogens is 411 g/mol. The number of benzene rings is 2. The third-order valence-corrected chi connectivity index (χ3v) is 5.27. The van der Waals surface area contributed by atoms with Gasteiger partial charge in [-0.15, -0.1) is 0 Å². The molecule has 2 aromatic carbocycles. The second kappa shape index (κ2) is 8.23. The molecule has 5 nitrogen and oxygen atoms in total. The van der Waals surface area contributed by atoms with Gasteiger partial charge in [-0.05, 0) is 54.7 Å². The fourth-order valence-corrected chi connectivity index (χ4v) is 3.74. The highest BCUT2D eigenvalue weighted by Crippen LogP contribution is 2.25. The minimum atomic E-state index is -0.313. The molecule has 4 aromatic rings. The van der Waals surface area contributed by atoms with E-state index in [0.29, 0.717) is 28.5 Å². The van der Waals surface area contributed by atoms with E-state index >= 15 is 0 Å². The van der Waals surface area contributed by atoms with E-state index in [4.69, 9.17) is 28.6 Å². The van der Waals surface area contributed by atoms with Gasteiger partial charge in [-0.25, -0.2) is 9.37 Å². The van der Waals surface area contributed by atoms with E-state index < -0.39 is 0 Å². The molecule has 2 heterocycles. The minimum absolute atomic E-state index is 0.313. The largest absolute Gasteiger partial charge is 0.496 e. The molecule has 0 aliphatic rings. The number of hydrogen-bond donors (Lipinski definition) is 1. The monoisotopic (exact) mass is 428 g/mol. The van der Waals surface area contributed by atoms with Crippen molar-refractivity contribution in [2.45, 2.75) is 13.0 Å². The zero-order valence-corrected chi connectivity index (χ0v) is 17.2. The van der Waals surface area contributed by atoms with E-state index in [1.807, 2.05) is 39.6 Å². The number of methoxy groups -OCH3 is 1. The van der Waals surface area contributed by atoms with Gasteiger partial charge in [0.05, 0.1) is 13.7 Å². The zero-order chi connectivity index (χ0) is 20.4. The SMILES string of the molecule is COc1ccc(F)cc1Cc1cn(Cc2ncc[nH]2)c(=S)n1-c1ccc(Cl)cc1. The van der Waals surface area contributed by atoms with Gasteiger partial charge >= 0.3 is 0 Å². The van der Waals surface area contributed by atoms with E-state index in [2.05, 4.69) is 9.97 Å². The van der Waals surface area contributed by atoms with Gasteiger partial charge in [0.1, 0.15) is 17.4 Å². The maximum absolute atomic E-state index is 13.9. The lowest BCUT2D eigenvalue weighted by Crippen LogP contribution is -2.04. The molecule has 1 N–H and O–H groups in total. The first-order chi connectivity index (χ1) is 14.0. The molecule has 29 heavy (non-hydrogen) atoms. The van der Waals surface area contributed by atoms with Crippen LogP contribution in [0.15, 0.2) is 61.1 Å². The Morgan fingerprint density at radius 3 is 2.69 bits per heavy atom. The Morgan fingerprint density at radius 2 is 2.00 bits per heavy atom. The van der Waals surface area contributed by atoms with Crippen molar-refractivity contribution in [1.29, 1.82) is 0 Å². The van der Waals surface area contributed by atoms with Crippen molar-refractivity contribution in [3.63, 3.8) is 0 Å². The zero-order valence-electron chi connectivity index (χ0n) is 15.6. The number of nitrogens with zero attached hydrogens (tertiary/aromatic N) is 3. The fourth-order valence-electron chi connectivity index (χ4n) is 3.27. The van der Waals surface area contributed by atoms with Crippen LogP contribution in [0.25, 0.3) is 5.69 Å². The number of nitrogens with one attached hydrogen (secondary N) is 1. The topological polar surface area (TPSA) is 47.8 Å². The van der Waals surface area contributed by atoms with Gasteiger partial charge in [0.15, 0.2) is 4.77 Å². The summed E-state index contributed by atoms with van der Waals surface area (Å²) in [6.07, 6.45) is 5.88. The molecule has 0 aliphatic heterocycles. The summed E-state index contributed by atoms with van der Waals surface area (Å²) in [6, 6.07) is 11.9. The smallest absolute Gasteiger partial charge is 0.185 e. The molecule has 0 bridgehead atoms. The molecule has 0 saturated carbocycles. The van der Waals surface area contributed by atoms with E-state index in [-0.39, 0.29) is 5.82 Å². The summed E-state index contributed by atoms with van der Waals surface area (Å²) >= 11 is 11.8. The standard InChI is InChI=1S/C21H18ClFN4OS/c1-28-19-7-4-16(23)10-14(19)11-18-12-26(13-20-24-8-9-25-20)21(29)27(18)17-5-2-15(22)3-6-17/h2-10,12H,11,13H2,1H3,(H,24,25). The summed E-state index contributed by atoms with van der Waals surface area (Å²) in [6.45, 7) is 0.500. The molecule has 0 amide bonds. The summed E-state index contributed by atoms with van der Waals surface area (Å²) in [5.74, 6) is 1.11. The van der Waals surface area contributed by atoms with E-state index in [9.17, 15) is 4.39 Å². The van der Waals surface area contributed by atoms with Crippen LogP contribution in [0, 0.1) is 10.6 Å². The average Bonchev–Trinajstić information content (AvgIpc) is 3.32. The second-order valence-electron chi connectivity index (χ2n) is 6.51. The van der Waals surface area contributed by atoms with E-state index in [1.54, 1.807) is 25.6 Å². The third-order valence-electron chi connectivity index (χ3n) is 4.60. The predicted octanol–water partition coefficient (Wildman–Crippen LogP) is 5.17. The Hall–Kier alpha value is -2.90. The molecule has 148 valence electrons. The molecular formula is C21H18ClFN4OS. The lowest BCUT2D eigenvalue weighted by Gasteiger charge is -2.11. The summed E-state index contributed by atoms with van der Waals surface area (Å²) in [5, 5.41) is 0.642. The summed E-state index contributed by atoms with van der Waals surface area (Å²) < 4.78 is 23.8. The number of halogens is 2. The number of ether oxygens (including phenoxy) is 1. The van der Waals surface area contributed by atoms with E-state index in [0.717, 1.165) is 22.8 Å². The lowest BCUT2D eigenvalue weighted by atomic mass is 10.1. The first-order valence-electron chi connectivity index (χ1n) is 8.93. The minimum Gasteiger partial charge on any atom is -0.496 e. The predicted molar refractivity (Wildman–Crippen MR) is 113 cm³/mol. The van der Waals surface area contributed by atoms with Crippen molar-refractivity contribution in [2.24, 2.45) is 0 Å². The van der Waals surface area contributed by atoms with Gasteiger partial charge in [-0.2, -0.15) is 0 Å². The maximum atomic E-state index is 13.9. The van der Waals surface area contributed by atoms with Crippen LogP contribution >= 0.6 is 23.8 Å². The molecule has 2 aromatic heterocycles. The van der Waals surface area contributed by atoms with Crippen LogP contribution in [0.4, 0.5) is 4.39 Å². The number of hydrogen-bond acceptors (Lipinski definition) is 3. The molecule has 0 atom stereocenters. The second-order valence-corrected chi connectivity index (χ2v) is 7.31. The summed E-state index contributed by atoms with van der Waals surface area (Å²) in [5.41, 5.74) is 2.51. The molecule has 4 rings (SSSR count). The number of aromatic amines is 1. The summed E-state index contributed by atoms with van der Waals surface area (Å²) in [7, 11) is 1.57. The van der Waals surface area contributed by atoms with Gasteiger partial charge in [-0.1, -0.05) is 11.6 Å². The average molecular weight is 429 g/mol. The quantitative estimate of drug-likeness (QED) is 0.431. The molecule has 8 heteroatoms. The number of imidazole rings is 2. The molecule has 0 fully saturated rings. The van der Waals surface area contributed by atoms with Crippen LogP contribution in [0.5, 0.6) is 5.75 Å². The number of H-pyrrole nitrogens is 1. The molecule has 0 spiro atoms. The first kappa shape index (κ1) is 19.4. The molecule has 0 aliphatic carbocycles. The van der Waals surface area contributed by atoms with Gasteiger partial charge in [-0.3, -0.25) is 4.57 Å². The van der Waals surface area contributed by atoms with Crippen LogP contribution in [0.1, 0.15) is 17.1 Å². The Morgan fingerprint density at radius 1 is 1.21 bits per heavy atom. The number of rotatable bonds is 6. The van der Waals surface area contributed by atoms with Crippen molar-refractivity contribution >= 4 is 23.8 Å². The van der Waals surface area contributed by atoms with Crippen molar-refractivity contribution < 1.29 is 9.13 Å². The molecule has 0 saturated heterocycles. The van der Waals surface area contributed by atoms with E-state index in [1.165, 1.54) is 12.1 Å². The Kier molecular flexibility index (Phi) is 5.51. The van der Waals surface area contributed by atoms with Crippen molar-refractivity contribution in [2.75, 3.05) is 7.11 Å². The van der Waals surface area contributed by atoms with Crippen LogP contribution < -0.4 is 4.74 Å². The van der Waals surface area contributed by atoms with Crippen LogP contribution in [-0.2, 0) is 13.0 Å². The van der Waals surface area contributed by atoms with Crippen LogP contribution in [0.2, 0.25) is 5.02 Å². The van der Waals surface area contributed by atoms with Gasteiger partial charge in [0.25, 0.3) is 0 Å². The normalized spacial score (nSPS) is 11.0. The van der Waals surface area contributed by atoms with Crippen molar-refractivity contribution in [1.82, 2.24) is 19.1 Å². The number of aromatic nitrogens is 4.